The average molecular weight is 310 g/mol. The van der Waals surface area contributed by atoms with Crippen LogP contribution in [-0.4, -0.2) is 0 Å². The van der Waals surface area contributed by atoms with Crippen LogP contribution in [0.5, 0.6) is 0 Å². The van der Waals surface area contributed by atoms with Gasteiger partial charge >= 0.3 is 0 Å². The summed E-state index contributed by atoms with van der Waals surface area (Å²) in [5.41, 5.74) is 9.67. The molecule has 0 bridgehead atoms. The highest BCUT2D eigenvalue weighted by atomic mass is 16.4. The molecule has 0 aliphatic rings. The van der Waals surface area contributed by atoms with Crippen LogP contribution in [0.3, 0.4) is 0 Å². The van der Waals surface area contributed by atoms with Crippen molar-refractivity contribution in [2.45, 2.75) is 0 Å². The van der Waals surface area contributed by atoms with Gasteiger partial charge in [-0.05, 0) is 11.1 Å². The Labute approximate surface area is 132 Å². The lowest BCUT2D eigenvalue weighted by Gasteiger charge is -2.06. The molecule has 24 heavy (non-hydrogen) atoms. The second kappa shape index (κ2) is 2.87. The van der Waals surface area contributed by atoms with Gasteiger partial charge in [0, 0.05) is 21.5 Å². The first-order chi connectivity index (χ1) is 11.9. The molecule has 0 radical (unpaired) electrons. The van der Waals surface area contributed by atoms with Crippen molar-refractivity contribution in [3.8, 4) is 11.1 Å². The summed E-state index contributed by atoms with van der Waals surface area (Å²) >= 11 is 0. The maximum absolute atomic E-state index is 5.70. The Bertz CT molecular complexity index is 1520. The second-order valence-electron chi connectivity index (χ2n) is 6.50. The van der Waals surface area contributed by atoms with Gasteiger partial charge in [-0.15, -0.1) is 0 Å². The Kier molecular flexibility index (Phi) is 1.24. The number of benzene rings is 4. The Morgan fingerprint density at radius 3 is 1.33 bits per heavy atom. The van der Waals surface area contributed by atoms with Gasteiger partial charge in [-0.2, -0.15) is 0 Å². The van der Waals surface area contributed by atoms with Crippen molar-refractivity contribution in [2.75, 3.05) is 0 Å². The van der Waals surface area contributed by atoms with E-state index >= 15 is 0 Å². The van der Waals surface area contributed by atoms with Crippen LogP contribution in [0.2, 0.25) is 0 Å². The third-order valence-electron chi connectivity index (χ3n) is 5.25. The SMILES string of the molecule is c1cc(-c2cccc3c4oc4c4oc4c23)c2c(c1)c1oc1c1oc12. The summed E-state index contributed by atoms with van der Waals surface area (Å²) in [5, 5.41) is 4.47. The van der Waals surface area contributed by atoms with Crippen LogP contribution < -0.4 is 0 Å². The molecule has 110 valence electrons. The van der Waals surface area contributed by atoms with Crippen LogP contribution >= 0.6 is 0 Å². The first-order valence-electron chi connectivity index (χ1n) is 7.87. The minimum Gasteiger partial charge on any atom is -0.445 e. The molecule has 4 heteroatoms. The van der Waals surface area contributed by atoms with E-state index in [-0.39, 0.29) is 0 Å². The lowest BCUT2D eigenvalue weighted by molar-refractivity contribution is 0.734. The van der Waals surface area contributed by atoms with Crippen LogP contribution in [-0.2, 0) is 0 Å². The van der Waals surface area contributed by atoms with Gasteiger partial charge in [0.1, 0.15) is 0 Å². The van der Waals surface area contributed by atoms with Crippen molar-refractivity contribution in [3.05, 3.63) is 36.4 Å². The molecule has 4 aromatic carbocycles. The van der Waals surface area contributed by atoms with Gasteiger partial charge in [0.15, 0.2) is 22.3 Å². The first kappa shape index (κ1) is 10.4. The van der Waals surface area contributed by atoms with E-state index in [1.807, 2.05) is 0 Å². The predicted octanol–water partition coefficient (Wildman–Crippen LogP) is 6.40. The molecule has 8 aromatic rings. The lowest BCUT2D eigenvalue weighted by Crippen LogP contribution is -1.82. The molecule has 0 atom stereocenters. The van der Waals surface area contributed by atoms with E-state index in [1.165, 1.54) is 0 Å². The van der Waals surface area contributed by atoms with E-state index in [9.17, 15) is 0 Å². The number of rotatable bonds is 1. The maximum atomic E-state index is 5.70. The van der Waals surface area contributed by atoms with E-state index in [1.54, 1.807) is 0 Å². The molecule has 0 spiro atoms. The fourth-order valence-electron chi connectivity index (χ4n) is 4.01. The molecule has 0 aliphatic carbocycles. The molecular weight excluding hydrogens is 304 g/mol. The molecule has 0 aliphatic heterocycles. The summed E-state index contributed by atoms with van der Waals surface area (Å²) < 4.78 is 22.6. The molecule has 8 rings (SSSR count). The van der Waals surface area contributed by atoms with Crippen LogP contribution in [0.1, 0.15) is 0 Å². The summed E-state index contributed by atoms with van der Waals surface area (Å²) in [4.78, 5) is 0. The molecule has 0 saturated carbocycles. The Morgan fingerprint density at radius 1 is 0.417 bits per heavy atom. The van der Waals surface area contributed by atoms with Crippen molar-refractivity contribution in [3.63, 3.8) is 0 Å². The number of hydrogen-bond acceptors (Lipinski definition) is 4. The number of fused-ring (bicyclic) bond motifs is 12. The molecule has 0 amide bonds. The molecular formula is C20H6O4. The molecule has 0 fully saturated rings. The summed E-state index contributed by atoms with van der Waals surface area (Å²) in [7, 11) is 0. The summed E-state index contributed by atoms with van der Waals surface area (Å²) in [5.74, 6) is 0. The van der Waals surface area contributed by atoms with Gasteiger partial charge in [0.05, 0.1) is 0 Å². The first-order valence-corrected chi connectivity index (χ1v) is 7.87. The largest absolute Gasteiger partial charge is 0.445 e. The smallest absolute Gasteiger partial charge is 0.217 e. The zero-order chi connectivity index (χ0) is 15.2. The molecule has 0 saturated heterocycles. The minimum atomic E-state index is 0.896. The van der Waals surface area contributed by atoms with E-state index in [0.29, 0.717) is 0 Å². The van der Waals surface area contributed by atoms with E-state index < -0.39 is 0 Å². The lowest BCUT2D eigenvalue weighted by atomic mass is 9.94. The zero-order valence-electron chi connectivity index (χ0n) is 12.1. The highest BCUT2D eigenvalue weighted by molar-refractivity contribution is 6.32. The quantitative estimate of drug-likeness (QED) is 0.352. The van der Waals surface area contributed by atoms with Crippen molar-refractivity contribution in [2.24, 2.45) is 0 Å². The summed E-state index contributed by atoms with van der Waals surface area (Å²) in [6, 6.07) is 12.6. The van der Waals surface area contributed by atoms with Crippen molar-refractivity contribution in [1.29, 1.82) is 0 Å². The third kappa shape index (κ3) is 0.982. The maximum Gasteiger partial charge on any atom is 0.217 e. The highest BCUT2D eigenvalue weighted by Crippen LogP contribution is 2.52. The van der Waals surface area contributed by atoms with Crippen molar-refractivity contribution >= 4 is 66.2 Å². The van der Waals surface area contributed by atoms with Crippen LogP contribution in [0.25, 0.3) is 77.3 Å². The highest BCUT2D eigenvalue weighted by Gasteiger charge is 2.31. The Morgan fingerprint density at radius 2 is 0.833 bits per heavy atom. The van der Waals surface area contributed by atoms with Gasteiger partial charge in [0.25, 0.3) is 0 Å². The molecule has 4 nitrogen and oxygen atoms in total. The van der Waals surface area contributed by atoms with Gasteiger partial charge in [-0.3, -0.25) is 0 Å². The average Bonchev–Trinajstić information content (AvgIpc) is 3.41. The fourth-order valence-corrected chi connectivity index (χ4v) is 4.01. The zero-order valence-corrected chi connectivity index (χ0v) is 12.1. The fraction of sp³-hybridized carbons (Fsp3) is 0. The summed E-state index contributed by atoms with van der Waals surface area (Å²) in [6.45, 7) is 0. The minimum absolute atomic E-state index is 0.896. The Hall–Kier alpha value is -3.40. The van der Waals surface area contributed by atoms with Gasteiger partial charge < -0.3 is 17.7 Å². The Balaban J connectivity index is 1.62. The van der Waals surface area contributed by atoms with Gasteiger partial charge in [-0.1, -0.05) is 36.4 Å². The number of hydrogen-bond donors (Lipinski definition) is 0. The predicted molar refractivity (Wildman–Crippen MR) is 90.7 cm³/mol. The van der Waals surface area contributed by atoms with E-state index in [2.05, 4.69) is 36.4 Å². The second-order valence-corrected chi connectivity index (χ2v) is 6.50. The van der Waals surface area contributed by atoms with E-state index in [0.717, 1.165) is 77.3 Å². The van der Waals surface area contributed by atoms with Gasteiger partial charge in [-0.25, -0.2) is 0 Å². The van der Waals surface area contributed by atoms with Crippen molar-refractivity contribution in [1.82, 2.24) is 0 Å². The summed E-state index contributed by atoms with van der Waals surface area (Å²) in [6.07, 6.45) is 0. The van der Waals surface area contributed by atoms with Crippen molar-refractivity contribution < 1.29 is 17.7 Å². The van der Waals surface area contributed by atoms with E-state index in [4.69, 9.17) is 17.7 Å². The molecule has 4 aromatic heterocycles. The van der Waals surface area contributed by atoms with Crippen LogP contribution in [0.15, 0.2) is 54.1 Å². The van der Waals surface area contributed by atoms with Crippen LogP contribution in [0.4, 0.5) is 0 Å². The molecule has 0 N–H and O–H groups in total. The third-order valence-corrected chi connectivity index (χ3v) is 5.25. The standard InChI is InChI=1S/C20H6O4/c1-3-7(11-9(5-1)13-17(21-13)19-15(11)23-19)8-4-2-6-10-12(8)16-20(24-16)18-14(10)22-18/h1-6H. The molecule has 4 heterocycles. The normalized spacial score (nSPS) is 13.8. The van der Waals surface area contributed by atoms with Gasteiger partial charge in [0.2, 0.25) is 22.3 Å². The topological polar surface area (TPSA) is 52.6 Å². The molecule has 0 unspecified atom stereocenters. The van der Waals surface area contributed by atoms with Crippen LogP contribution in [0, 0.1) is 0 Å². The monoisotopic (exact) mass is 310 g/mol.